The SMILES string of the molecule is O=C(Nc1cccc(-n2cc[nH]c2=S)c1)c1cc(Cl)cc(Cl)c1. The number of aromatic nitrogens is 2. The Hall–Kier alpha value is -2.08. The number of carbonyl (C=O) groups excluding carboxylic acids is 1. The van der Waals surface area contributed by atoms with Gasteiger partial charge in [-0.2, -0.15) is 0 Å². The van der Waals surface area contributed by atoms with Crippen molar-refractivity contribution in [3.05, 3.63) is 75.2 Å². The Morgan fingerprint density at radius 2 is 1.87 bits per heavy atom. The number of rotatable bonds is 3. The lowest BCUT2D eigenvalue weighted by Crippen LogP contribution is -2.12. The minimum Gasteiger partial charge on any atom is -0.337 e. The van der Waals surface area contributed by atoms with Crippen molar-refractivity contribution in [3.8, 4) is 5.69 Å². The van der Waals surface area contributed by atoms with E-state index in [1.807, 2.05) is 24.4 Å². The summed E-state index contributed by atoms with van der Waals surface area (Å²) in [5.41, 5.74) is 1.89. The average Bonchev–Trinajstić information content (AvgIpc) is 2.92. The summed E-state index contributed by atoms with van der Waals surface area (Å²) in [6, 6.07) is 12.1. The third kappa shape index (κ3) is 3.64. The first-order valence-corrected chi connectivity index (χ1v) is 7.83. The van der Waals surface area contributed by atoms with E-state index in [-0.39, 0.29) is 5.91 Å². The van der Waals surface area contributed by atoms with Crippen LogP contribution in [-0.4, -0.2) is 15.5 Å². The van der Waals surface area contributed by atoms with Gasteiger partial charge in [0.2, 0.25) is 0 Å². The summed E-state index contributed by atoms with van der Waals surface area (Å²) in [5, 5.41) is 3.64. The molecule has 0 unspecified atom stereocenters. The van der Waals surface area contributed by atoms with Crippen LogP contribution < -0.4 is 5.32 Å². The Morgan fingerprint density at radius 3 is 2.52 bits per heavy atom. The summed E-state index contributed by atoms with van der Waals surface area (Å²) in [4.78, 5) is 15.2. The maximum absolute atomic E-state index is 12.3. The van der Waals surface area contributed by atoms with Crippen molar-refractivity contribution in [2.24, 2.45) is 0 Å². The van der Waals surface area contributed by atoms with E-state index < -0.39 is 0 Å². The molecule has 0 bridgehead atoms. The molecule has 0 aliphatic rings. The van der Waals surface area contributed by atoms with E-state index in [4.69, 9.17) is 35.4 Å². The van der Waals surface area contributed by atoms with Gasteiger partial charge >= 0.3 is 0 Å². The van der Waals surface area contributed by atoms with Crippen LogP contribution in [-0.2, 0) is 0 Å². The minimum atomic E-state index is -0.288. The maximum Gasteiger partial charge on any atom is 0.255 e. The molecular formula is C16H11Cl2N3OS. The number of imidazole rings is 1. The highest BCUT2D eigenvalue weighted by atomic mass is 35.5. The van der Waals surface area contributed by atoms with E-state index in [1.54, 1.807) is 35.0 Å². The van der Waals surface area contributed by atoms with Gasteiger partial charge in [0.1, 0.15) is 0 Å². The van der Waals surface area contributed by atoms with Crippen molar-refractivity contribution in [1.82, 2.24) is 9.55 Å². The van der Waals surface area contributed by atoms with Gasteiger partial charge in [0.05, 0.1) is 0 Å². The van der Waals surface area contributed by atoms with Crippen molar-refractivity contribution in [3.63, 3.8) is 0 Å². The summed E-state index contributed by atoms with van der Waals surface area (Å²) >= 11 is 17.0. The Bertz CT molecular complexity index is 913. The van der Waals surface area contributed by atoms with Crippen molar-refractivity contribution in [1.29, 1.82) is 0 Å². The molecule has 1 amide bonds. The van der Waals surface area contributed by atoms with Gasteiger partial charge in [0.25, 0.3) is 5.91 Å². The molecule has 7 heteroatoms. The number of anilines is 1. The number of aromatic amines is 1. The molecular weight excluding hydrogens is 353 g/mol. The van der Waals surface area contributed by atoms with Gasteiger partial charge in [-0.05, 0) is 48.6 Å². The van der Waals surface area contributed by atoms with Gasteiger partial charge < -0.3 is 10.3 Å². The molecule has 2 N–H and O–H groups in total. The number of hydrogen-bond donors (Lipinski definition) is 2. The third-order valence-corrected chi connectivity index (χ3v) is 3.91. The van der Waals surface area contributed by atoms with Crippen LogP contribution in [0.15, 0.2) is 54.9 Å². The molecule has 0 atom stereocenters. The topological polar surface area (TPSA) is 49.8 Å². The lowest BCUT2D eigenvalue weighted by atomic mass is 10.2. The highest BCUT2D eigenvalue weighted by Crippen LogP contribution is 2.21. The molecule has 0 aliphatic carbocycles. The quantitative estimate of drug-likeness (QED) is 0.636. The van der Waals surface area contributed by atoms with Crippen LogP contribution in [0.3, 0.4) is 0 Å². The monoisotopic (exact) mass is 363 g/mol. The lowest BCUT2D eigenvalue weighted by Gasteiger charge is -2.09. The predicted molar refractivity (Wildman–Crippen MR) is 95.4 cm³/mol. The number of carbonyl (C=O) groups is 1. The Balaban J connectivity index is 1.87. The molecule has 0 saturated heterocycles. The van der Waals surface area contributed by atoms with E-state index in [0.29, 0.717) is 26.1 Å². The summed E-state index contributed by atoms with van der Waals surface area (Å²) in [5.74, 6) is -0.288. The molecule has 23 heavy (non-hydrogen) atoms. The zero-order valence-electron chi connectivity index (χ0n) is 11.7. The zero-order chi connectivity index (χ0) is 16.4. The first-order chi connectivity index (χ1) is 11.0. The molecule has 1 aromatic heterocycles. The number of hydrogen-bond acceptors (Lipinski definition) is 2. The van der Waals surface area contributed by atoms with Crippen LogP contribution in [0.5, 0.6) is 0 Å². The fraction of sp³-hybridized carbons (Fsp3) is 0. The average molecular weight is 364 g/mol. The minimum absolute atomic E-state index is 0.288. The van der Waals surface area contributed by atoms with E-state index in [9.17, 15) is 4.79 Å². The molecule has 3 aromatic rings. The smallest absolute Gasteiger partial charge is 0.255 e. The molecule has 1 heterocycles. The molecule has 0 radical (unpaired) electrons. The molecule has 0 aliphatic heterocycles. The predicted octanol–water partition coefficient (Wildman–Crippen LogP) is 5.09. The Labute approximate surface area is 147 Å². The summed E-state index contributed by atoms with van der Waals surface area (Å²) in [7, 11) is 0. The van der Waals surface area contributed by atoms with Crippen molar-refractivity contribution in [2.45, 2.75) is 0 Å². The second-order valence-electron chi connectivity index (χ2n) is 4.80. The molecule has 116 valence electrons. The number of nitrogens with zero attached hydrogens (tertiary/aromatic N) is 1. The van der Waals surface area contributed by atoms with E-state index in [2.05, 4.69) is 10.3 Å². The van der Waals surface area contributed by atoms with Gasteiger partial charge in [-0.3, -0.25) is 9.36 Å². The van der Waals surface area contributed by atoms with Crippen molar-refractivity contribution < 1.29 is 4.79 Å². The third-order valence-electron chi connectivity index (χ3n) is 3.16. The fourth-order valence-electron chi connectivity index (χ4n) is 2.15. The van der Waals surface area contributed by atoms with Gasteiger partial charge in [-0.25, -0.2) is 0 Å². The molecule has 0 saturated carbocycles. The van der Waals surface area contributed by atoms with E-state index in [1.165, 1.54) is 0 Å². The van der Waals surface area contributed by atoms with Crippen LogP contribution >= 0.6 is 35.4 Å². The normalized spacial score (nSPS) is 10.5. The first-order valence-electron chi connectivity index (χ1n) is 6.67. The van der Waals surface area contributed by atoms with Crippen LogP contribution in [0.1, 0.15) is 10.4 Å². The van der Waals surface area contributed by atoms with Crippen molar-refractivity contribution in [2.75, 3.05) is 5.32 Å². The van der Waals surface area contributed by atoms with Gasteiger partial charge in [-0.1, -0.05) is 29.3 Å². The second-order valence-corrected chi connectivity index (χ2v) is 6.06. The Morgan fingerprint density at radius 1 is 1.13 bits per heavy atom. The molecule has 0 fully saturated rings. The van der Waals surface area contributed by atoms with Crippen LogP contribution in [0, 0.1) is 4.77 Å². The van der Waals surface area contributed by atoms with Crippen molar-refractivity contribution >= 4 is 47.0 Å². The highest BCUT2D eigenvalue weighted by Gasteiger charge is 2.09. The van der Waals surface area contributed by atoms with Gasteiger partial charge in [-0.15, -0.1) is 0 Å². The maximum atomic E-state index is 12.3. The van der Waals surface area contributed by atoms with E-state index >= 15 is 0 Å². The summed E-state index contributed by atoms with van der Waals surface area (Å²) in [6.45, 7) is 0. The zero-order valence-corrected chi connectivity index (χ0v) is 14.0. The number of benzene rings is 2. The largest absolute Gasteiger partial charge is 0.337 e. The number of H-pyrrole nitrogens is 1. The van der Waals surface area contributed by atoms with Gasteiger partial charge in [0.15, 0.2) is 4.77 Å². The number of amides is 1. The standard InChI is InChI=1S/C16H11Cl2N3OS/c17-11-6-10(7-12(18)8-11)15(22)20-13-2-1-3-14(9-13)21-5-4-19-16(21)23/h1-9H,(H,19,23)(H,20,22). The second kappa shape index (κ2) is 6.58. The van der Waals surface area contributed by atoms with Crippen LogP contribution in [0.25, 0.3) is 5.69 Å². The molecule has 0 spiro atoms. The number of nitrogens with one attached hydrogen (secondary N) is 2. The molecule has 2 aromatic carbocycles. The summed E-state index contributed by atoms with van der Waals surface area (Å²) < 4.78 is 2.39. The van der Waals surface area contributed by atoms with Crippen LogP contribution in [0.4, 0.5) is 5.69 Å². The van der Waals surface area contributed by atoms with E-state index in [0.717, 1.165) is 5.69 Å². The van der Waals surface area contributed by atoms with Crippen LogP contribution in [0.2, 0.25) is 10.0 Å². The lowest BCUT2D eigenvalue weighted by molar-refractivity contribution is 0.102. The fourth-order valence-corrected chi connectivity index (χ4v) is 2.91. The summed E-state index contributed by atoms with van der Waals surface area (Å²) in [6.07, 6.45) is 3.57. The highest BCUT2D eigenvalue weighted by molar-refractivity contribution is 7.71. The van der Waals surface area contributed by atoms with Gasteiger partial charge in [0, 0.05) is 39.4 Å². The Kier molecular flexibility index (Phi) is 4.52. The number of halogens is 2. The molecule has 3 rings (SSSR count). The first kappa shape index (κ1) is 15.8. The molecule has 4 nitrogen and oxygen atoms in total.